The maximum atomic E-state index is 11.4. The second-order valence-corrected chi connectivity index (χ2v) is 5.72. The van der Waals surface area contributed by atoms with Gasteiger partial charge in [-0.15, -0.1) is 0 Å². The number of nitrogen functional groups attached to an aromatic ring is 1. The van der Waals surface area contributed by atoms with E-state index in [1.807, 2.05) is 0 Å². The van der Waals surface area contributed by atoms with Crippen LogP contribution in [0.4, 0.5) is 5.69 Å². The number of carbonyl (C=O) groups excluding carboxylic acids is 1. The summed E-state index contributed by atoms with van der Waals surface area (Å²) < 4.78 is 0. The highest BCUT2D eigenvalue weighted by Gasteiger charge is 2.12. The Kier molecular flexibility index (Phi) is 4.24. The third kappa shape index (κ3) is 3.35. The van der Waals surface area contributed by atoms with Gasteiger partial charge in [-0.2, -0.15) is 0 Å². The average molecular weight is 313 g/mol. The molecule has 19 heavy (non-hydrogen) atoms. The number of halogens is 2. The van der Waals surface area contributed by atoms with Crippen molar-refractivity contribution in [2.45, 2.75) is 9.79 Å². The molecule has 0 aliphatic rings. The van der Waals surface area contributed by atoms with Crippen molar-refractivity contribution in [1.82, 2.24) is 0 Å². The number of nitrogens with two attached hydrogens (primary N) is 2. The SMILES string of the molecule is NC(=O)c1cc(N)ccc1Sc1cc(Cl)ccc1Cl. The first kappa shape index (κ1) is 14.1. The molecule has 2 rings (SSSR count). The molecule has 4 N–H and O–H groups in total. The molecule has 0 atom stereocenters. The Morgan fingerprint density at radius 3 is 2.47 bits per heavy atom. The zero-order chi connectivity index (χ0) is 14.0. The van der Waals surface area contributed by atoms with Gasteiger partial charge in [0.15, 0.2) is 0 Å². The summed E-state index contributed by atoms with van der Waals surface area (Å²) >= 11 is 13.3. The van der Waals surface area contributed by atoms with Gasteiger partial charge in [-0.25, -0.2) is 0 Å². The lowest BCUT2D eigenvalue weighted by Gasteiger charge is -2.09. The monoisotopic (exact) mass is 312 g/mol. The van der Waals surface area contributed by atoms with Crippen molar-refractivity contribution in [1.29, 1.82) is 0 Å². The minimum atomic E-state index is -0.534. The van der Waals surface area contributed by atoms with E-state index in [4.69, 9.17) is 34.7 Å². The molecule has 0 saturated heterocycles. The van der Waals surface area contributed by atoms with Crippen molar-refractivity contribution < 1.29 is 4.79 Å². The van der Waals surface area contributed by atoms with Crippen molar-refractivity contribution in [3.05, 3.63) is 52.0 Å². The van der Waals surface area contributed by atoms with Crippen LogP contribution < -0.4 is 11.5 Å². The Morgan fingerprint density at radius 2 is 1.79 bits per heavy atom. The molecule has 2 aromatic carbocycles. The predicted octanol–water partition coefficient (Wildman–Crippen LogP) is 3.83. The van der Waals surface area contributed by atoms with Crippen LogP contribution >= 0.6 is 35.0 Å². The van der Waals surface area contributed by atoms with E-state index in [0.29, 0.717) is 26.2 Å². The van der Waals surface area contributed by atoms with Gasteiger partial charge in [-0.05, 0) is 36.4 Å². The summed E-state index contributed by atoms with van der Waals surface area (Å²) in [7, 11) is 0. The van der Waals surface area contributed by atoms with Crippen LogP contribution in [0.3, 0.4) is 0 Å². The van der Waals surface area contributed by atoms with E-state index in [0.717, 1.165) is 4.90 Å². The van der Waals surface area contributed by atoms with Crippen LogP contribution in [0.1, 0.15) is 10.4 Å². The molecule has 0 spiro atoms. The van der Waals surface area contributed by atoms with E-state index in [9.17, 15) is 4.79 Å². The predicted molar refractivity (Wildman–Crippen MR) is 80.0 cm³/mol. The summed E-state index contributed by atoms with van der Waals surface area (Å²) in [5.41, 5.74) is 11.8. The smallest absolute Gasteiger partial charge is 0.249 e. The first-order valence-corrected chi connectivity index (χ1v) is 6.87. The van der Waals surface area contributed by atoms with Gasteiger partial charge in [0, 0.05) is 20.5 Å². The van der Waals surface area contributed by atoms with Crippen LogP contribution in [-0.4, -0.2) is 5.91 Å². The van der Waals surface area contributed by atoms with Crippen molar-refractivity contribution >= 4 is 46.6 Å². The van der Waals surface area contributed by atoms with Gasteiger partial charge in [0.1, 0.15) is 0 Å². The van der Waals surface area contributed by atoms with Gasteiger partial charge in [0.05, 0.1) is 10.6 Å². The lowest BCUT2D eigenvalue weighted by atomic mass is 10.2. The molecule has 0 aromatic heterocycles. The van der Waals surface area contributed by atoms with Gasteiger partial charge < -0.3 is 11.5 Å². The second-order valence-electron chi connectivity index (χ2n) is 3.80. The Hall–Kier alpha value is -1.36. The lowest BCUT2D eigenvalue weighted by Crippen LogP contribution is -2.12. The maximum absolute atomic E-state index is 11.4. The molecule has 2 aromatic rings. The van der Waals surface area contributed by atoms with Crippen LogP contribution in [0.25, 0.3) is 0 Å². The molecule has 6 heteroatoms. The number of hydrogen-bond donors (Lipinski definition) is 2. The minimum absolute atomic E-state index is 0.362. The number of primary amides is 1. The van der Waals surface area contributed by atoms with E-state index < -0.39 is 5.91 Å². The normalized spacial score (nSPS) is 10.4. The minimum Gasteiger partial charge on any atom is -0.399 e. The maximum Gasteiger partial charge on any atom is 0.249 e. The van der Waals surface area contributed by atoms with E-state index in [-0.39, 0.29) is 0 Å². The van der Waals surface area contributed by atoms with Gasteiger partial charge in [0.2, 0.25) is 5.91 Å². The molecule has 0 radical (unpaired) electrons. The highest BCUT2D eigenvalue weighted by molar-refractivity contribution is 7.99. The third-order valence-electron chi connectivity index (χ3n) is 2.38. The summed E-state index contributed by atoms with van der Waals surface area (Å²) in [6.45, 7) is 0. The zero-order valence-corrected chi connectivity index (χ0v) is 12.0. The van der Waals surface area contributed by atoms with Crippen molar-refractivity contribution in [3.8, 4) is 0 Å². The fourth-order valence-corrected chi connectivity index (χ4v) is 2.97. The highest BCUT2D eigenvalue weighted by atomic mass is 35.5. The molecule has 0 fully saturated rings. The van der Waals surface area contributed by atoms with Gasteiger partial charge >= 0.3 is 0 Å². The van der Waals surface area contributed by atoms with Crippen LogP contribution in [0.2, 0.25) is 10.0 Å². The Labute approximate surface area is 124 Å². The topological polar surface area (TPSA) is 69.1 Å². The van der Waals surface area contributed by atoms with Crippen LogP contribution in [0.15, 0.2) is 46.2 Å². The Balaban J connectivity index is 2.43. The zero-order valence-electron chi connectivity index (χ0n) is 9.69. The van der Waals surface area contributed by atoms with Crippen molar-refractivity contribution in [2.75, 3.05) is 5.73 Å². The van der Waals surface area contributed by atoms with E-state index >= 15 is 0 Å². The first-order valence-electron chi connectivity index (χ1n) is 5.29. The van der Waals surface area contributed by atoms with Crippen LogP contribution in [0.5, 0.6) is 0 Å². The van der Waals surface area contributed by atoms with Crippen LogP contribution in [0, 0.1) is 0 Å². The first-order chi connectivity index (χ1) is 8.97. The third-order valence-corrected chi connectivity index (χ3v) is 4.19. The Morgan fingerprint density at radius 1 is 1.05 bits per heavy atom. The van der Waals surface area contributed by atoms with E-state index in [1.54, 1.807) is 36.4 Å². The molecule has 1 amide bonds. The molecule has 0 bridgehead atoms. The number of benzene rings is 2. The molecular formula is C13H10Cl2N2OS. The standard InChI is InChI=1S/C13H10Cl2N2OS/c14-7-1-3-10(15)12(5-7)19-11-4-2-8(16)6-9(11)13(17)18/h1-6H,16H2,(H2,17,18). The average Bonchev–Trinajstić information content (AvgIpc) is 2.35. The molecule has 0 unspecified atom stereocenters. The number of hydrogen-bond acceptors (Lipinski definition) is 3. The van der Waals surface area contributed by atoms with E-state index in [2.05, 4.69) is 0 Å². The molecular weight excluding hydrogens is 303 g/mol. The number of anilines is 1. The largest absolute Gasteiger partial charge is 0.399 e. The van der Waals surface area contributed by atoms with Gasteiger partial charge in [0.25, 0.3) is 0 Å². The summed E-state index contributed by atoms with van der Waals surface area (Å²) in [6.07, 6.45) is 0. The summed E-state index contributed by atoms with van der Waals surface area (Å²) in [5.74, 6) is -0.534. The fourth-order valence-electron chi connectivity index (χ4n) is 1.50. The molecule has 0 aliphatic carbocycles. The highest BCUT2D eigenvalue weighted by Crippen LogP contribution is 2.37. The Bertz CT molecular complexity index is 647. The quantitative estimate of drug-likeness (QED) is 0.846. The van der Waals surface area contributed by atoms with Gasteiger partial charge in [-0.1, -0.05) is 35.0 Å². The fraction of sp³-hybridized carbons (Fsp3) is 0. The summed E-state index contributed by atoms with van der Waals surface area (Å²) in [4.78, 5) is 12.8. The lowest BCUT2D eigenvalue weighted by molar-refractivity contribution is 0.0997. The summed E-state index contributed by atoms with van der Waals surface area (Å²) in [6, 6.07) is 10.1. The molecule has 0 heterocycles. The summed E-state index contributed by atoms with van der Waals surface area (Å²) in [5, 5.41) is 1.13. The van der Waals surface area contributed by atoms with Crippen LogP contribution in [-0.2, 0) is 0 Å². The van der Waals surface area contributed by atoms with Crippen molar-refractivity contribution in [2.24, 2.45) is 5.73 Å². The van der Waals surface area contributed by atoms with Crippen molar-refractivity contribution in [3.63, 3.8) is 0 Å². The molecule has 3 nitrogen and oxygen atoms in total. The number of amides is 1. The van der Waals surface area contributed by atoms with E-state index in [1.165, 1.54) is 11.8 Å². The molecule has 0 aliphatic heterocycles. The molecule has 98 valence electrons. The van der Waals surface area contributed by atoms with Gasteiger partial charge in [-0.3, -0.25) is 4.79 Å². The molecule has 0 saturated carbocycles. The number of carbonyl (C=O) groups is 1. The number of rotatable bonds is 3. The second kappa shape index (κ2) is 5.74.